The van der Waals surface area contributed by atoms with E-state index < -0.39 is 11.5 Å². The highest BCUT2D eigenvalue weighted by molar-refractivity contribution is 5.94. The Morgan fingerprint density at radius 1 is 1.47 bits per heavy atom. The van der Waals surface area contributed by atoms with E-state index in [1.807, 2.05) is 0 Å². The van der Waals surface area contributed by atoms with Crippen molar-refractivity contribution in [3.63, 3.8) is 0 Å². The Balaban J connectivity index is 2.07. The zero-order chi connectivity index (χ0) is 12.3. The molecular formula is C10H10N4O3. The summed E-state index contributed by atoms with van der Waals surface area (Å²) < 4.78 is 0. The first-order chi connectivity index (χ1) is 8.15. The fourth-order valence-corrected chi connectivity index (χ4v) is 1.32. The minimum atomic E-state index is -0.529. The number of H-pyrrole nitrogens is 2. The van der Waals surface area contributed by atoms with Crippen LogP contribution in [-0.2, 0) is 6.54 Å². The standard InChI is InChI=1S/C10H10N4O3/c15-8-1-7(2-9(16)14-8)10(17)11-3-6-4-12-13-5-6/h1-2,4-5H,3H2,(H,11,17)(H,12,13)(H2,14,15,16). The van der Waals surface area contributed by atoms with Crippen molar-refractivity contribution >= 4 is 5.91 Å². The summed E-state index contributed by atoms with van der Waals surface area (Å²) in [4.78, 5) is 24.8. The topological polar surface area (TPSA) is 111 Å². The number of nitrogens with zero attached hydrogens (tertiary/aromatic N) is 1. The van der Waals surface area contributed by atoms with E-state index in [0.29, 0.717) is 6.54 Å². The van der Waals surface area contributed by atoms with Gasteiger partial charge in [-0.1, -0.05) is 0 Å². The summed E-state index contributed by atoms with van der Waals surface area (Å²) in [5.41, 5.74) is 0.389. The Kier molecular flexibility index (Phi) is 2.91. The van der Waals surface area contributed by atoms with Crippen LogP contribution in [-0.4, -0.2) is 26.2 Å². The van der Waals surface area contributed by atoms with Crippen LogP contribution < -0.4 is 10.9 Å². The van der Waals surface area contributed by atoms with Crippen molar-refractivity contribution in [2.45, 2.75) is 6.54 Å². The summed E-state index contributed by atoms with van der Waals surface area (Å²) in [5, 5.41) is 18.1. The molecule has 0 aliphatic carbocycles. The lowest BCUT2D eigenvalue weighted by atomic mass is 10.2. The Morgan fingerprint density at radius 3 is 2.94 bits per heavy atom. The molecule has 0 saturated heterocycles. The van der Waals surface area contributed by atoms with Crippen molar-refractivity contribution < 1.29 is 9.90 Å². The van der Waals surface area contributed by atoms with Gasteiger partial charge in [-0.25, -0.2) is 0 Å². The molecule has 2 heterocycles. The first kappa shape index (κ1) is 10.9. The normalized spacial score (nSPS) is 10.1. The average molecular weight is 234 g/mol. The minimum absolute atomic E-state index is 0.106. The molecule has 7 nitrogen and oxygen atoms in total. The van der Waals surface area contributed by atoms with Crippen LogP contribution in [0.4, 0.5) is 0 Å². The Bertz CT molecular complexity index is 573. The third-order valence-corrected chi connectivity index (χ3v) is 2.10. The maximum absolute atomic E-state index is 11.6. The van der Waals surface area contributed by atoms with Gasteiger partial charge in [0.1, 0.15) is 0 Å². The molecule has 0 aliphatic rings. The number of aromatic hydroxyl groups is 1. The number of aromatic amines is 2. The number of carbonyl (C=O) groups is 1. The summed E-state index contributed by atoms with van der Waals surface area (Å²) in [6, 6.07) is 2.30. The molecule has 2 rings (SSSR count). The number of hydrogen-bond acceptors (Lipinski definition) is 4. The van der Waals surface area contributed by atoms with E-state index in [9.17, 15) is 9.59 Å². The molecule has 7 heteroatoms. The molecule has 0 fully saturated rings. The average Bonchev–Trinajstić information content (AvgIpc) is 2.77. The van der Waals surface area contributed by atoms with Gasteiger partial charge in [0.25, 0.3) is 11.5 Å². The van der Waals surface area contributed by atoms with Crippen molar-refractivity contribution in [2.75, 3.05) is 0 Å². The molecule has 0 atom stereocenters. The monoisotopic (exact) mass is 234 g/mol. The molecule has 1 amide bonds. The molecular weight excluding hydrogens is 224 g/mol. The molecule has 0 spiro atoms. The molecule has 17 heavy (non-hydrogen) atoms. The molecule has 2 aromatic heterocycles. The van der Waals surface area contributed by atoms with Gasteiger partial charge in [-0.15, -0.1) is 0 Å². The van der Waals surface area contributed by atoms with Gasteiger partial charge in [-0.3, -0.25) is 19.7 Å². The highest BCUT2D eigenvalue weighted by atomic mass is 16.3. The van der Waals surface area contributed by atoms with E-state index in [1.54, 1.807) is 12.4 Å². The van der Waals surface area contributed by atoms with Crippen LogP contribution in [0.25, 0.3) is 0 Å². The number of nitrogens with one attached hydrogen (secondary N) is 3. The van der Waals surface area contributed by atoms with E-state index in [4.69, 9.17) is 5.11 Å². The van der Waals surface area contributed by atoms with Gasteiger partial charge in [0.05, 0.1) is 11.8 Å². The van der Waals surface area contributed by atoms with Gasteiger partial charge in [0, 0.05) is 30.4 Å². The van der Waals surface area contributed by atoms with Crippen molar-refractivity contribution in [3.05, 3.63) is 46.0 Å². The quantitative estimate of drug-likeness (QED) is 0.586. The first-order valence-electron chi connectivity index (χ1n) is 4.84. The second-order valence-electron chi connectivity index (χ2n) is 3.41. The molecule has 0 unspecified atom stereocenters. The van der Waals surface area contributed by atoms with Crippen molar-refractivity contribution in [2.24, 2.45) is 0 Å². The van der Waals surface area contributed by atoms with Crippen molar-refractivity contribution in [3.8, 4) is 5.88 Å². The molecule has 0 aliphatic heterocycles. The Hall–Kier alpha value is -2.57. The number of hydrogen-bond donors (Lipinski definition) is 4. The van der Waals surface area contributed by atoms with Crippen LogP contribution in [0.15, 0.2) is 29.3 Å². The molecule has 2 aromatic rings. The first-order valence-corrected chi connectivity index (χ1v) is 4.84. The molecule has 0 aromatic carbocycles. The van der Waals surface area contributed by atoms with Crippen molar-refractivity contribution in [1.29, 1.82) is 0 Å². The van der Waals surface area contributed by atoms with E-state index in [2.05, 4.69) is 20.5 Å². The van der Waals surface area contributed by atoms with Crippen LogP contribution in [0, 0.1) is 0 Å². The second kappa shape index (κ2) is 4.52. The summed E-state index contributed by atoms with van der Waals surface area (Å²) >= 11 is 0. The summed E-state index contributed by atoms with van der Waals surface area (Å²) in [5.74, 6) is -0.779. The third kappa shape index (κ3) is 2.71. The van der Waals surface area contributed by atoms with Gasteiger partial charge in [-0.05, 0) is 0 Å². The Labute approximate surface area is 95.5 Å². The summed E-state index contributed by atoms with van der Waals surface area (Å²) in [7, 11) is 0. The van der Waals surface area contributed by atoms with Gasteiger partial charge >= 0.3 is 0 Å². The molecule has 0 radical (unpaired) electrons. The van der Waals surface area contributed by atoms with Crippen LogP contribution in [0.5, 0.6) is 5.88 Å². The van der Waals surface area contributed by atoms with Gasteiger partial charge in [0.2, 0.25) is 0 Å². The van der Waals surface area contributed by atoms with Gasteiger partial charge < -0.3 is 10.4 Å². The fourth-order valence-electron chi connectivity index (χ4n) is 1.32. The van der Waals surface area contributed by atoms with E-state index >= 15 is 0 Å². The van der Waals surface area contributed by atoms with Crippen molar-refractivity contribution in [1.82, 2.24) is 20.5 Å². The highest BCUT2D eigenvalue weighted by Gasteiger charge is 2.07. The number of aromatic nitrogens is 3. The third-order valence-electron chi connectivity index (χ3n) is 2.10. The fraction of sp³-hybridized carbons (Fsp3) is 0.100. The lowest BCUT2D eigenvalue weighted by Crippen LogP contribution is -2.24. The van der Waals surface area contributed by atoms with E-state index in [0.717, 1.165) is 11.6 Å². The zero-order valence-electron chi connectivity index (χ0n) is 8.73. The summed E-state index contributed by atoms with van der Waals surface area (Å²) in [6.07, 6.45) is 3.23. The molecule has 0 bridgehead atoms. The summed E-state index contributed by atoms with van der Waals surface area (Å²) in [6.45, 7) is 0.295. The zero-order valence-corrected chi connectivity index (χ0v) is 8.73. The largest absolute Gasteiger partial charge is 0.494 e. The maximum atomic E-state index is 11.6. The lowest BCUT2D eigenvalue weighted by molar-refractivity contribution is 0.0950. The number of amides is 1. The number of rotatable bonds is 3. The maximum Gasteiger partial charge on any atom is 0.251 e. The smallest absolute Gasteiger partial charge is 0.251 e. The van der Waals surface area contributed by atoms with Gasteiger partial charge in [0.15, 0.2) is 5.88 Å². The molecule has 0 saturated carbocycles. The van der Waals surface area contributed by atoms with Gasteiger partial charge in [-0.2, -0.15) is 5.10 Å². The Morgan fingerprint density at radius 2 is 2.29 bits per heavy atom. The highest BCUT2D eigenvalue weighted by Crippen LogP contribution is 2.04. The predicted octanol–water partition coefficient (Wildman–Crippen LogP) is -0.266. The van der Waals surface area contributed by atoms with Crippen LogP contribution in [0.3, 0.4) is 0 Å². The van der Waals surface area contributed by atoms with Crippen LogP contribution >= 0.6 is 0 Å². The molecule has 88 valence electrons. The molecule has 4 N–H and O–H groups in total. The predicted molar refractivity (Wildman–Crippen MR) is 58.5 cm³/mol. The number of carbonyl (C=O) groups excluding carboxylic acids is 1. The van der Waals surface area contributed by atoms with Crippen LogP contribution in [0.1, 0.15) is 15.9 Å². The minimum Gasteiger partial charge on any atom is -0.494 e. The van der Waals surface area contributed by atoms with E-state index in [1.165, 1.54) is 6.07 Å². The SMILES string of the molecule is O=C(NCc1cn[nH]c1)c1cc(O)[nH]c(=O)c1. The van der Waals surface area contributed by atoms with E-state index in [-0.39, 0.29) is 11.4 Å². The second-order valence-corrected chi connectivity index (χ2v) is 3.41. The lowest BCUT2D eigenvalue weighted by Gasteiger charge is -2.03. The van der Waals surface area contributed by atoms with Crippen LogP contribution in [0.2, 0.25) is 0 Å². The number of pyridine rings is 1.